The van der Waals surface area contributed by atoms with Crippen LogP contribution in [0.1, 0.15) is 48.6 Å². The van der Waals surface area contributed by atoms with Gasteiger partial charge in [0.1, 0.15) is 5.82 Å². The van der Waals surface area contributed by atoms with Crippen LogP contribution < -0.4 is 10.6 Å². The molecule has 0 aromatic carbocycles. The van der Waals surface area contributed by atoms with Crippen molar-refractivity contribution in [3.05, 3.63) is 29.2 Å². The molecule has 7 heteroatoms. The smallest absolute Gasteiger partial charge is 0.328 e. The van der Waals surface area contributed by atoms with Crippen LogP contribution in [0.2, 0.25) is 0 Å². The number of carbonyl (C=O) groups excluding carboxylic acids is 1. The monoisotopic (exact) mass is 289 g/mol. The van der Waals surface area contributed by atoms with Crippen LogP contribution in [0.5, 0.6) is 0 Å². The predicted octanol–water partition coefficient (Wildman–Crippen LogP) is 2.58. The third kappa shape index (κ3) is 3.77. The molecule has 0 aliphatic heterocycles. The Bertz CT molecular complexity index is 636. The van der Waals surface area contributed by atoms with Gasteiger partial charge < -0.3 is 9.84 Å². The summed E-state index contributed by atoms with van der Waals surface area (Å²) >= 11 is 0. The molecule has 0 saturated heterocycles. The van der Waals surface area contributed by atoms with Crippen molar-refractivity contribution >= 4 is 17.7 Å². The Balaban J connectivity index is 2.26. The molecule has 0 atom stereocenters. The minimum absolute atomic E-state index is 0.0883. The molecule has 2 heterocycles. The standard InChI is InChI=1S/C14H19N5O2/c1-5-15-12-7-10(6-11(17-12)8(2)3)13(20)18-14-16-9(4)19-21-14/h6-8H,5H2,1-4H3,(H,15,17)(H,16,18,19,20). The molecule has 0 bridgehead atoms. The molecule has 0 aliphatic rings. The lowest BCUT2D eigenvalue weighted by atomic mass is 10.1. The summed E-state index contributed by atoms with van der Waals surface area (Å²) in [5.74, 6) is 1.06. The lowest BCUT2D eigenvalue weighted by Gasteiger charge is -2.11. The SMILES string of the molecule is CCNc1cc(C(=O)Nc2nc(C)no2)cc(C(C)C)n1. The molecule has 0 saturated carbocycles. The van der Waals surface area contributed by atoms with Crippen molar-refractivity contribution in [2.24, 2.45) is 0 Å². The summed E-state index contributed by atoms with van der Waals surface area (Å²) < 4.78 is 4.89. The molecule has 2 N–H and O–H groups in total. The van der Waals surface area contributed by atoms with Crippen LogP contribution in [0.15, 0.2) is 16.7 Å². The van der Waals surface area contributed by atoms with Crippen LogP contribution >= 0.6 is 0 Å². The van der Waals surface area contributed by atoms with E-state index in [4.69, 9.17) is 4.52 Å². The second-order valence-electron chi connectivity index (χ2n) is 4.95. The molecule has 0 fully saturated rings. The Morgan fingerprint density at radius 1 is 1.33 bits per heavy atom. The number of carbonyl (C=O) groups is 1. The van der Waals surface area contributed by atoms with E-state index in [1.165, 1.54) is 0 Å². The highest BCUT2D eigenvalue weighted by Crippen LogP contribution is 2.18. The van der Waals surface area contributed by atoms with Gasteiger partial charge in [-0.15, -0.1) is 0 Å². The van der Waals surface area contributed by atoms with Crippen LogP contribution in [0.3, 0.4) is 0 Å². The fraction of sp³-hybridized carbons (Fsp3) is 0.429. The Morgan fingerprint density at radius 2 is 2.10 bits per heavy atom. The minimum Gasteiger partial charge on any atom is -0.370 e. The molecular formula is C14H19N5O2. The van der Waals surface area contributed by atoms with E-state index in [0.717, 1.165) is 12.2 Å². The number of aromatic nitrogens is 3. The number of hydrogen-bond donors (Lipinski definition) is 2. The van der Waals surface area contributed by atoms with Crippen molar-refractivity contribution in [3.8, 4) is 0 Å². The molecule has 0 spiro atoms. The summed E-state index contributed by atoms with van der Waals surface area (Å²) in [4.78, 5) is 20.7. The molecule has 0 aliphatic carbocycles. The zero-order valence-corrected chi connectivity index (χ0v) is 12.6. The average Bonchev–Trinajstić information content (AvgIpc) is 2.84. The first kappa shape index (κ1) is 15.0. The first-order chi connectivity index (χ1) is 9.99. The van der Waals surface area contributed by atoms with E-state index in [0.29, 0.717) is 17.2 Å². The third-order valence-corrected chi connectivity index (χ3v) is 2.80. The Morgan fingerprint density at radius 3 is 2.67 bits per heavy atom. The van der Waals surface area contributed by atoms with Crippen LogP contribution in [0.4, 0.5) is 11.8 Å². The van der Waals surface area contributed by atoms with Gasteiger partial charge in [0.2, 0.25) is 0 Å². The van der Waals surface area contributed by atoms with Crippen LogP contribution in [-0.2, 0) is 0 Å². The second-order valence-corrected chi connectivity index (χ2v) is 4.95. The zero-order chi connectivity index (χ0) is 15.4. The summed E-state index contributed by atoms with van der Waals surface area (Å²) in [5.41, 5.74) is 1.35. The molecule has 0 radical (unpaired) electrons. The Labute approximate surface area is 123 Å². The molecule has 2 aromatic rings. The highest BCUT2D eigenvalue weighted by Gasteiger charge is 2.14. The minimum atomic E-state index is -0.304. The number of nitrogens with one attached hydrogen (secondary N) is 2. The van der Waals surface area contributed by atoms with E-state index in [1.807, 2.05) is 20.8 Å². The van der Waals surface area contributed by atoms with Gasteiger partial charge in [-0.25, -0.2) is 4.98 Å². The van der Waals surface area contributed by atoms with Gasteiger partial charge in [-0.05, 0) is 31.9 Å². The first-order valence-electron chi connectivity index (χ1n) is 6.87. The van der Waals surface area contributed by atoms with E-state index in [9.17, 15) is 4.79 Å². The van der Waals surface area contributed by atoms with E-state index >= 15 is 0 Å². The number of amides is 1. The van der Waals surface area contributed by atoms with Gasteiger partial charge in [-0.3, -0.25) is 10.1 Å². The topological polar surface area (TPSA) is 92.9 Å². The first-order valence-corrected chi connectivity index (χ1v) is 6.87. The van der Waals surface area contributed by atoms with Gasteiger partial charge in [0.25, 0.3) is 5.91 Å². The van der Waals surface area contributed by atoms with Gasteiger partial charge in [0, 0.05) is 17.8 Å². The highest BCUT2D eigenvalue weighted by atomic mass is 16.5. The van der Waals surface area contributed by atoms with Crippen molar-refractivity contribution in [3.63, 3.8) is 0 Å². The lowest BCUT2D eigenvalue weighted by molar-refractivity contribution is 0.102. The second kappa shape index (κ2) is 6.34. The van der Waals surface area contributed by atoms with Crippen molar-refractivity contribution in [1.82, 2.24) is 15.1 Å². The number of pyridine rings is 1. The lowest BCUT2D eigenvalue weighted by Crippen LogP contribution is -2.14. The molecule has 2 rings (SSSR count). The maximum Gasteiger partial charge on any atom is 0.328 e. The highest BCUT2D eigenvalue weighted by molar-refractivity contribution is 6.03. The van der Waals surface area contributed by atoms with E-state index in [-0.39, 0.29) is 17.8 Å². The van der Waals surface area contributed by atoms with Crippen molar-refractivity contribution in [2.45, 2.75) is 33.6 Å². The summed E-state index contributed by atoms with van der Waals surface area (Å²) in [7, 11) is 0. The molecule has 1 amide bonds. The summed E-state index contributed by atoms with van der Waals surface area (Å²) in [6, 6.07) is 3.56. The van der Waals surface area contributed by atoms with Crippen molar-refractivity contribution in [1.29, 1.82) is 0 Å². The normalized spacial score (nSPS) is 10.7. The number of hydrogen-bond acceptors (Lipinski definition) is 6. The summed E-state index contributed by atoms with van der Waals surface area (Å²) in [6.07, 6.45) is 0. The largest absolute Gasteiger partial charge is 0.370 e. The number of anilines is 2. The maximum absolute atomic E-state index is 12.3. The van der Waals surface area contributed by atoms with Crippen molar-refractivity contribution in [2.75, 3.05) is 17.2 Å². The Kier molecular flexibility index (Phi) is 4.52. The molecule has 21 heavy (non-hydrogen) atoms. The van der Waals surface area contributed by atoms with Gasteiger partial charge in [0.15, 0.2) is 5.82 Å². The van der Waals surface area contributed by atoms with Crippen LogP contribution in [0.25, 0.3) is 0 Å². The Hall–Kier alpha value is -2.44. The molecule has 7 nitrogen and oxygen atoms in total. The van der Waals surface area contributed by atoms with Gasteiger partial charge >= 0.3 is 6.01 Å². The van der Waals surface area contributed by atoms with E-state index in [2.05, 4.69) is 25.8 Å². The van der Waals surface area contributed by atoms with Crippen LogP contribution in [0, 0.1) is 6.92 Å². The van der Waals surface area contributed by atoms with E-state index < -0.39 is 0 Å². The van der Waals surface area contributed by atoms with Crippen molar-refractivity contribution < 1.29 is 9.32 Å². The zero-order valence-electron chi connectivity index (χ0n) is 12.6. The summed E-state index contributed by atoms with van der Waals surface area (Å²) in [6.45, 7) is 8.46. The number of nitrogens with zero attached hydrogens (tertiary/aromatic N) is 3. The van der Waals surface area contributed by atoms with Crippen LogP contribution in [-0.4, -0.2) is 27.6 Å². The maximum atomic E-state index is 12.3. The van der Waals surface area contributed by atoms with E-state index in [1.54, 1.807) is 19.1 Å². The number of aryl methyl sites for hydroxylation is 1. The fourth-order valence-corrected chi connectivity index (χ4v) is 1.77. The molecule has 0 unspecified atom stereocenters. The van der Waals surface area contributed by atoms with Gasteiger partial charge in [-0.1, -0.05) is 19.0 Å². The third-order valence-electron chi connectivity index (χ3n) is 2.80. The molecule has 2 aromatic heterocycles. The number of rotatable bonds is 5. The average molecular weight is 289 g/mol. The predicted molar refractivity (Wildman–Crippen MR) is 79.5 cm³/mol. The van der Waals surface area contributed by atoms with Gasteiger partial charge in [-0.2, -0.15) is 4.98 Å². The quantitative estimate of drug-likeness (QED) is 0.878. The molecular weight excluding hydrogens is 270 g/mol. The molecule has 112 valence electrons. The van der Waals surface area contributed by atoms with Gasteiger partial charge in [0.05, 0.1) is 0 Å². The fourth-order valence-electron chi connectivity index (χ4n) is 1.77. The summed E-state index contributed by atoms with van der Waals surface area (Å²) in [5, 5.41) is 9.33.